The molecule has 1 aromatic rings. The van der Waals surface area contributed by atoms with Gasteiger partial charge in [0, 0.05) is 18.4 Å². The lowest BCUT2D eigenvalue weighted by molar-refractivity contribution is 0.0734. The van der Waals surface area contributed by atoms with Gasteiger partial charge in [0.05, 0.1) is 6.26 Å². The molecule has 0 saturated heterocycles. The van der Waals surface area contributed by atoms with E-state index in [4.69, 9.17) is 4.42 Å². The van der Waals surface area contributed by atoms with Crippen molar-refractivity contribution in [3.05, 3.63) is 24.2 Å². The van der Waals surface area contributed by atoms with E-state index in [9.17, 15) is 4.79 Å². The predicted octanol–water partition coefficient (Wildman–Crippen LogP) is 2.53. The molecular weight excluding hydrogens is 246 g/mol. The second-order valence-corrected chi connectivity index (χ2v) is 3.75. The first-order valence-corrected chi connectivity index (χ1v) is 5.80. The van der Waals surface area contributed by atoms with Crippen LogP contribution in [0.5, 0.6) is 0 Å². The highest BCUT2D eigenvalue weighted by Crippen LogP contribution is 2.06. The highest BCUT2D eigenvalue weighted by molar-refractivity contribution is 9.09. The Balaban J connectivity index is 2.63. The standard InChI is InChI=1S/C10H14BrNO2/c1-2-6-12(7-5-11)10(13)9-4-3-8-14-9/h3-4,8H,2,5-7H2,1H3. The largest absolute Gasteiger partial charge is 0.459 e. The highest BCUT2D eigenvalue weighted by Gasteiger charge is 2.16. The molecule has 0 atom stereocenters. The fourth-order valence-electron chi connectivity index (χ4n) is 1.24. The number of carbonyl (C=O) groups excluding carboxylic acids is 1. The zero-order valence-corrected chi connectivity index (χ0v) is 9.79. The summed E-state index contributed by atoms with van der Waals surface area (Å²) in [5, 5.41) is 0.791. The van der Waals surface area contributed by atoms with Gasteiger partial charge in [-0.3, -0.25) is 4.79 Å². The van der Waals surface area contributed by atoms with Crippen molar-refractivity contribution in [2.45, 2.75) is 13.3 Å². The summed E-state index contributed by atoms with van der Waals surface area (Å²) in [6.07, 6.45) is 2.48. The molecule has 0 fully saturated rings. The number of hydrogen-bond donors (Lipinski definition) is 0. The van der Waals surface area contributed by atoms with Crippen LogP contribution in [0.2, 0.25) is 0 Å². The van der Waals surface area contributed by atoms with Gasteiger partial charge in [0.1, 0.15) is 0 Å². The van der Waals surface area contributed by atoms with Gasteiger partial charge in [-0.05, 0) is 18.6 Å². The number of hydrogen-bond acceptors (Lipinski definition) is 2. The fourth-order valence-corrected chi connectivity index (χ4v) is 1.67. The molecule has 3 nitrogen and oxygen atoms in total. The van der Waals surface area contributed by atoms with Gasteiger partial charge < -0.3 is 9.32 Å². The smallest absolute Gasteiger partial charge is 0.289 e. The summed E-state index contributed by atoms with van der Waals surface area (Å²) in [7, 11) is 0. The Morgan fingerprint density at radius 2 is 2.36 bits per heavy atom. The average Bonchev–Trinajstić information content (AvgIpc) is 2.69. The third-order valence-corrected chi connectivity index (χ3v) is 2.22. The molecule has 0 bridgehead atoms. The first-order valence-electron chi connectivity index (χ1n) is 4.68. The maximum atomic E-state index is 11.8. The van der Waals surface area contributed by atoms with Crippen molar-refractivity contribution >= 4 is 21.8 Å². The van der Waals surface area contributed by atoms with Gasteiger partial charge in [0.15, 0.2) is 5.76 Å². The van der Waals surface area contributed by atoms with E-state index in [1.54, 1.807) is 17.0 Å². The minimum atomic E-state index is -0.0312. The summed E-state index contributed by atoms with van der Waals surface area (Å²) in [6.45, 7) is 3.54. The van der Waals surface area contributed by atoms with Crippen LogP contribution in [0.4, 0.5) is 0 Å². The van der Waals surface area contributed by atoms with Gasteiger partial charge in [-0.25, -0.2) is 0 Å². The van der Waals surface area contributed by atoms with E-state index in [-0.39, 0.29) is 5.91 Å². The monoisotopic (exact) mass is 259 g/mol. The van der Waals surface area contributed by atoms with Crippen LogP contribution < -0.4 is 0 Å². The molecular formula is C10H14BrNO2. The predicted molar refractivity (Wildman–Crippen MR) is 58.7 cm³/mol. The van der Waals surface area contributed by atoms with E-state index in [0.29, 0.717) is 12.3 Å². The Bertz CT molecular complexity index is 266. The van der Waals surface area contributed by atoms with E-state index in [2.05, 4.69) is 22.9 Å². The van der Waals surface area contributed by atoms with Crippen LogP contribution in [-0.4, -0.2) is 29.2 Å². The second kappa shape index (κ2) is 5.86. The Kier molecular flexibility index (Phi) is 4.73. The molecule has 78 valence electrons. The SMILES string of the molecule is CCCN(CCBr)C(=O)c1ccco1. The lowest BCUT2D eigenvalue weighted by Crippen LogP contribution is -2.33. The maximum absolute atomic E-state index is 11.8. The number of nitrogens with zero attached hydrogens (tertiary/aromatic N) is 1. The lowest BCUT2D eigenvalue weighted by Gasteiger charge is -2.19. The van der Waals surface area contributed by atoms with Crippen LogP contribution in [0.15, 0.2) is 22.8 Å². The minimum Gasteiger partial charge on any atom is -0.459 e. The van der Waals surface area contributed by atoms with Crippen LogP contribution in [0.3, 0.4) is 0 Å². The minimum absolute atomic E-state index is 0.0312. The summed E-state index contributed by atoms with van der Waals surface area (Å²) in [6, 6.07) is 3.42. The molecule has 0 aliphatic carbocycles. The van der Waals surface area contributed by atoms with Crippen molar-refractivity contribution in [2.24, 2.45) is 0 Å². The van der Waals surface area contributed by atoms with Gasteiger partial charge in [0.2, 0.25) is 0 Å². The Hall–Kier alpha value is -0.770. The van der Waals surface area contributed by atoms with E-state index in [1.165, 1.54) is 6.26 Å². The fraction of sp³-hybridized carbons (Fsp3) is 0.500. The molecule has 1 amide bonds. The molecule has 1 aromatic heterocycles. The first-order chi connectivity index (χ1) is 6.79. The van der Waals surface area contributed by atoms with E-state index >= 15 is 0 Å². The van der Waals surface area contributed by atoms with Gasteiger partial charge in [0.25, 0.3) is 5.91 Å². The van der Waals surface area contributed by atoms with Gasteiger partial charge in [-0.2, -0.15) is 0 Å². The van der Waals surface area contributed by atoms with Crippen LogP contribution >= 0.6 is 15.9 Å². The summed E-state index contributed by atoms with van der Waals surface area (Å²) in [5.74, 6) is 0.385. The molecule has 0 N–H and O–H groups in total. The first kappa shape index (κ1) is 11.3. The van der Waals surface area contributed by atoms with Crippen LogP contribution in [-0.2, 0) is 0 Å². The molecule has 1 rings (SSSR count). The molecule has 0 unspecified atom stereocenters. The van der Waals surface area contributed by atoms with Crippen molar-refractivity contribution in [3.63, 3.8) is 0 Å². The molecule has 14 heavy (non-hydrogen) atoms. The molecule has 0 aromatic carbocycles. The molecule has 1 heterocycles. The van der Waals surface area contributed by atoms with Crippen molar-refractivity contribution < 1.29 is 9.21 Å². The zero-order chi connectivity index (χ0) is 10.4. The molecule has 4 heteroatoms. The summed E-state index contributed by atoms with van der Waals surface area (Å²) in [5.41, 5.74) is 0. The van der Waals surface area contributed by atoms with Crippen molar-refractivity contribution in [2.75, 3.05) is 18.4 Å². The number of carbonyl (C=O) groups is 1. The van der Waals surface area contributed by atoms with E-state index < -0.39 is 0 Å². The number of alkyl halides is 1. The number of halogens is 1. The summed E-state index contributed by atoms with van der Waals surface area (Å²) in [4.78, 5) is 13.6. The Morgan fingerprint density at radius 1 is 1.57 bits per heavy atom. The third-order valence-electron chi connectivity index (χ3n) is 1.87. The van der Waals surface area contributed by atoms with Crippen molar-refractivity contribution in [3.8, 4) is 0 Å². The van der Waals surface area contributed by atoms with Crippen LogP contribution in [0, 0.1) is 0 Å². The maximum Gasteiger partial charge on any atom is 0.289 e. The molecule has 0 radical (unpaired) electrons. The average molecular weight is 260 g/mol. The van der Waals surface area contributed by atoms with Gasteiger partial charge in [-0.15, -0.1) is 0 Å². The summed E-state index contributed by atoms with van der Waals surface area (Å²) >= 11 is 3.33. The molecule has 0 aliphatic rings. The topological polar surface area (TPSA) is 33.5 Å². The number of furan rings is 1. The lowest BCUT2D eigenvalue weighted by atomic mass is 10.3. The Labute approximate surface area is 92.2 Å². The molecule has 0 spiro atoms. The number of rotatable bonds is 5. The highest BCUT2D eigenvalue weighted by atomic mass is 79.9. The molecule has 0 saturated carbocycles. The Morgan fingerprint density at radius 3 is 2.86 bits per heavy atom. The summed E-state index contributed by atoms with van der Waals surface area (Å²) < 4.78 is 5.06. The van der Waals surface area contributed by atoms with Gasteiger partial charge >= 0.3 is 0 Å². The molecule has 0 aliphatic heterocycles. The quantitative estimate of drug-likeness (QED) is 0.762. The second-order valence-electron chi connectivity index (χ2n) is 2.96. The van der Waals surface area contributed by atoms with Crippen molar-refractivity contribution in [1.29, 1.82) is 0 Å². The number of amides is 1. The normalized spacial score (nSPS) is 10.1. The van der Waals surface area contributed by atoms with Crippen LogP contribution in [0.25, 0.3) is 0 Å². The van der Waals surface area contributed by atoms with Crippen LogP contribution in [0.1, 0.15) is 23.9 Å². The van der Waals surface area contributed by atoms with Crippen molar-refractivity contribution in [1.82, 2.24) is 4.90 Å². The zero-order valence-electron chi connectivity index (χ0n) is 8.20. The van der Waals surface area contributed by atoms with E-state index in [0.717, 1.165) is 18.3 Å². The third kappa shape index (κ3) is 2.87. The van der Waals surface area contributed by atoms with E-state index in [1.807, 2.05) is 0 Å². The van der Waals surface area contributed by atoms with Gasteiger partial charge in [-0.1, -0.05) is 22.9 Å².